The predicted molar refractivity (Wildman–Crippen MR) is 43.0 cm³/mol. The van der Waals surface area contributed by atoms with Gasteiger partial charge >= 0.3 is 5.97 Å². The first-order valence-electron chi connectivity index (χ1n) is 4.48. The normalized spacial score (nSPS) is 43.9. The average Bonchev–Trinajstić information content (AvgIpc) is 2.47. The Bertz CT molecular complexity index is 238. The monoisotopic (exact) mass is 184 g/mol. The first kappa shape index (κ1) is 8.69. The third kappa shape index (κ3) is 1.35. The van der Waals surface area contributed by atoms with Crippen LogP contribution in [-0.2, 0) is 19.1 Å². The Hall–Kier alpha value is -0.900. The minimum atomic E-state index is -0.403. The number of carbonyl (C=O) groups is 2. The van der Waals surface area contributed by atoms with Crippen molar-refractivity contribution in [1.29, 1.82) is 0 Å². The van der Waals surface area contributed by atoms with Crippen LogP contribution in [0, 0.1) is 11.8 Å². The Balaban J connectivity index is 2.15. The van der Waals surface area contributed by atoms with Crippen LogP contribution in [0.1, 0.15) is 13.3 Å². The Kier molecular flexibility index (Phi) is 2.07. The molecule has 72 valence electrons. The average molecular weight is 184 g/mol. The van der Waals surface area contributed by atoms with Gasteiger partial charge in [-0.3, -0.25) is 4.79 Å². The van der Waals surface area contributed by atoms with Crippen molar-refractivity contribution in [3.05, 3.63) is 0 Å². The lowest BCUT2D eigenvalue weighted by Crippen LogP contribution is -2.38. The minimum absolute atomic E-state index is 0.0359. The van der Waals surface area contributed by atoms with Gasteiger partial charge in [0.1, 0.15) is 18.5 Å². The van der Waals surface area contributed by atoms with Crippen molar-refractivity contribution in [3.63, 3.8) is 0 Å². The van der Waals surface area contributed by atoms with E-state index in [9.17, 15) is 9.59 Å². The summed E-state index contributed by atoms with van der Waals surface area (Å²) in [6.07, 6.45) is 0.588. The maximum Gasteiger partial charge on any atom is 0.306 e. The van der Waals surface area contributed by atoms with Gasteiger partial charge in [0.05, 0.1) is 13.0 Å². The molecule has 0 N–H and O–H groups in total. The summed E-state index contributed by atoms with van der Waals surface area (Å²) in [7, 11) is 0. The first-order valence-corrected chi connectivity index (χ1v) is 4.48. The first-order chi connectivity index (χ1) is 6.22. The molecular formula is C9H12O4. The van der Waals surface area contributed by atoms with E-state index in [2.05, 4.69) is 0 Å². The summed E-state index contributed by atoms with van der Waals surface area (Å²) in [6.45, 7) is 2.38. The van der Waals surface area contributed by atoms with E-state index in [1.807, 2.05) is 6.92 Å². The van der Waals surface area contributed by atoms with Crippen molar-refractivity contribution in [3.8, 4) is 0 Å². The molecule has 2 fully saturated rings. The van der Waals surface area contributed by atoms with Crippen LogP contribution >= 0.6 is 0 Å². The number of rotatable bonds is 1. The second kappa shape index (κ2) is 3.10. The van der Waals surface area contributed by atoms with Crippen LogP contribution in [0.25, 0.3) is 0 Å². The third-order valence-corrected chi connectivity index (χ3v) is 2.91. The third-order valence-electron chi connectivity index (χ3n) is 2.91. The SMILES string of the molecule is C[C@@H]1OC(=O)C[C@@H]2[C@H]1CO[C@H]2C=O. The van der Waals surface area contributed by atoms with Crippen LogP contribution in [0.5, 0.6) is 0 Å². The zero-order chi connectivity index (χ0) is 9.42. The summed E-state index contributed by atoms with van der Waals surface area (Å²) in [5.74, 6) is 0.0211. The summed E-state index contributed by atoms with van der Waals surface area (Å²) in [5.41, 5.74) is 0. The number of fused-ring (bicyclic) bond motifs is 1. The topological polar surface area (TPSA) is 52.6 Å². The largest absolute Gasteiger partial charge is 0.462 e. The second-order valence-electron chi connectivity index (χ2n) is 3.66. The van der Waals surface area contributed by atoms with Crippen LogP contribution in [0.4, 0.5) is 0 Å². The maximum atomic E-state index is 11.1. The molecule has 4 nitrogen and oxygen atoms in total. The van der Waals surface area contributed by atoms with Gasteiger partial charge < -0.3 is 14.3 Å². The van der Waals surface area contributed by atoms with Crippen molar-refractivity contribution in [2.75, 3.05) is 6.61 Å². The summed E-state index contributed by atoms with van der Waals surface area (Å²) in [4.78, 5) is 21.7. The maximum absolute atomic E-state index is 11.1. The molecule has 2 saturated heterocycles. The zero-order valence-corrected chi connectivity index (χ0v) is 7.43. The molecule has 2 aliphatic rings. The van der Waals surface area contributed by atoms with E-state index < -0.39 is 6.10 Å². The van der Waals surface area contributed by atoms with Gasteiger partial charge in [-0.25, -0.2) is 0 Å². The summed E-state index contributed by atoms with van der Waals surface area (Å²) < 4.78 is 10.3. The summed E-state index contributed by atoms with van der Waals surface area (Å²) >= 11 is 0. The quantitative estimate of drug-likeness (QED) is 0.430. The van der Waals surface area contributed by atoms with Gasteiger partial charge in [0, 0.05) is 11.8 Å². The summed E-state index contributed by atoms with van der Waals surface area (Å²) in [6, 6.07) is 0. The minimum Gasteiger partial charge on any atom is -0.462 e. The number of aldehydes is 1. The van der Waals surface area contributed by atoms with E-state index in [0.29, 0.717) is 13.0 Å². The van der Waals surface area contributed by atoms with E-state index in [1.165, 1.54) is 0 Å². The van der Waals surface area contributed by atoms with Gasteiger partial charge in [0.25, 0.3) is 0 Å². The smallest absolute Gasteiger partial charge is 0.306 e. The van der Waals surface area contributed by atoms with Gasteiger partial charge in [-0.1, -0.05) is 0 Å². The van der Waals surface area contributed by atoms with Crippen LogP contribution in [-0.4, -0.2) is 31.1 Å². The van der Waals surface area contributed by atoms with Crippen LogP contribution < -0.4 is 0 Å². The van der Waals surface area contributed by atoms with Crippen molar-refractivity contribution < 1.29 is 19.1 Å². The fourth-order valence-corrected chi connectivity index (χ4v) is 2.14. The number of ether oxygens (including phenoxy) is 2. The molecule has 0 unspecified atom stereocenters. The van der Waals surface area contributed by atoms with Crippen molar-refractivity contribution in [2.24, 2.45) is 11.8 Å². The van der Waals surface area contributed by atoms with Crippen molar-refractivity contribution >= 4 is 12.3 Å². The molecule has 2 heterocycles. The van der Waals surface area contributed by atoms with Crippen LogP contribution in [0.3, 0.4) is 0 Å². The van der Waals surface area contributed by atoms with Gasteiger partial charge in [-0.05, 0) is 6.92 Å². The number of hydrogen-bond acceptors (Lipinski definition) is 4. The molecule has 0 aromatic rings. The lowest BCUT2D eigenvalue weighted by atomic mass is 9.83. The molecule has 0 aromatic heterocycles. The molecule has 0 amide bonds. The number of carbonyl (C=O) groups excluding carboxylic acids is 2. The molecule has 0 saturated carbocycles. The molecule has 2 aliphatic heterocycles. The van der Waals surface area contributed by atoms with Crippen molar-refractivity contribution in [1.82, 2.24) is 0 Å². The van der Waals surface area contributed by atoms with Crippen LogP contribution in [0.2, 0.25) is 0 Å². The Morgan fingerprint density at radius 1 is 1.46 bits per heavy atom. The molecule has 0 radical (unpaired) electrons. The van der Waals surface area contributed by atoms with Crippen LogP contribution in [0.15, 0.2) is 0 Å². The van der Waals surface area contributed by atoms with Crippen molar-refractivity contribution in [2.45, 2.75) is 25.6 Å². The Morgan fingerprint density at radius 3 is 2.92 bits per heavy atom. The van der Waals surface area contributed by atoms with E-state index in [-0.39, 0.29) is 23.9 Å². The van der Waals surface area contributed by atoms with Gasteiger partial charge in [0.15, 0.2) is 0 Å². The Labute approximate surface area is 76.2 Å². The molecular weight excluding hydrogens is 172 g/mol. The van der Waals surface area contributed by atoms with E-state index >= 15 is 0 Å². The number of cyclic esters (lactones) is 1. The molecule has 0 spiro atoms. The molecule has 4 heteroatoms. The molecule has 0 aliphatic carbocycles. The summed E-state index contributed by atoms with van der Waals surface area (Å²) in [5, 5.41) is 0. The standard InChI is InChI=1S/C9H12O4/c1-5-7-4-12-8(3-10)6(7)2-9(11)13-5/h3,5-8H,2,4H2,1H3/t5-,6+,7-,8-/m0/s1. The lowest BCUT2D eigenvalue weighted by Gasteiger charge is -2.30. The van der Waals surface area contributed by atoms with Gasteiger partial charge in [-0.15, -0.1) is 0 Å². The fourth-order valence-electron chi connectivity index (χ4n) is 2.14. The number of esters is 1. The van der Waals surface area contributed by atoms with E-state index in [1.54, 1.807) is 0 Å². The highest BCUT2D eigenvalue weighted by Gasteiger charge is 2.45. The Morgan fingerprint density at radius 2 is 2.23 bits per heavy atom. The van der Waals surface area contributed by atoms with Gasteiger partial charge in [-0.2, -0.15) is 0 Å². The highest BCUT2D eigenvalue weighted by Crippen LogP contribution is 2.36. The second-order valence-corrected chi connectivity index (χ2v) is 3.66. The molecule has 0 bridgehead atoms. The molecule has 4 atom stereocenters. The molecule has 13 heavy (non-hydrogen) atoms. The van der Waals surface area contributed by atoms with E-state index in [4.69, 9.17) is 9.47 Å². The molecule has 2 rings (SSSR count). The number of hydrogen-bond donors (Lipinski definition) is 0. The molecule has 0 aromatic carbocycles. The highest BCUT2D eigenvalue weighted by atomic mass is 16.6. The van der Waals surface area contributed by atoms with E-state index in [0.717, 1.165) is 6.29 Å². The fraction of sp³-hybridized carbons (Fsp3) is 0.778. The zero-order valence-electron chi connectivity index (χ0n) is 7.43. The highest BCUT2D eigenvalue weighted by molar-refractivity contribution is 5.72. The van der Waals surface area contributed by atoms with Gasteiger partial charge in [0.2, 0.25) is 0 Å². The predicted octanol–water partition coefficient (Wildman–Crippen LogP) is 0.152. The lowest BCUT2D eigenvalue weighted by molar-refractivity contribution is -0.159.